The van der Waals surface area contributed by atoms with E-state index in [1.165, 1.54) is 19.3 Å². The summed E-state index contributed by atoms with van der Waals surface area (Å²) < 4.78 is 1.79. The molecule has 1 saturated heterocycles. The number of piperidine rings is 1. The number of hydrogen-bond acceptors (Lipinski definition) is 5. The Bertz CT molecular complexity index is 945. The largest absolute Gasteiger partial charge is 0.355 e. The van der Waals surface area contributed by atoms with Gasteiger partial charge in [0, 0.05) is 31.6 Å². The summed E-state index contributed by atoms with van der Waals surface area (Å²) in [6, 6.07) is 11.5. The molecule has 0 aliphatic carbocycles. The topological polar surface area (TPSA) is 75.4 Å². The molecule has 3 aromatic rings. The molecule has 0 unspecified atom stereocenters. The third-order valence-corrected chi connectivity index (χ3v) is 4.91. The van der Waals surface area contributed by atoms with Gasteiger partial charge in [-0.15, -0.1) is 15.3 Å². The normalized spacial score (nSPS) is 14.5. The fourth-order valence-electron chi connectivity index (χ4n) is 3.45. The van der Waals surface area contributed by atoms with E-state index in [4.69, 9.17) is 5.10 Å². The van der Waals surface area contributed by atoms with Crippen LogP contribution in [0.5, 0.6) is 0 Å². The van der Waals surface area contributed by atoms with Crippen molar-refractivity contribution < 1.29 is 4.79 Å². The number of carbonyl (C=O) groups excluding carboxylic acids is 1. The summed E-state index contributed by atoms with van der Waals surface area (Å²) in [5.41, 5.74) is 2.47. The summed E-state index contributed by atoms with van der Waals surface area (Å²) in [6.45, 7) is 4.55. The number of nitrogens with one attached hydrogen (secondary N) is 1. The van der Waals surface area contributed by atoms with E-state index in [2.05, 4.69) is 20.4 Å². The lowest BCUT2D eigenvalue weighted by atomic mass is 10.1. The first kappa shape index (κ1) is 17.5. The molecular formula is C20H24N6O. The first-order chi connectivity index (χ1) is 13.2. The molecule has 1 N–H and O–H groups in total. The number of benzene rings is 1. The van der Waals surface area contributed by atoms with Gasteiger partial charge >= 0.3 is 0 Å². The van der Waals surface area contributed by atoms with Crippen molar-refractivity contribution in [3.05, 3.63) is 53.3 Å². The molecule has 1 aliphatic heterocycles. The van der Waals surface area contributed by atoms with Crippen LogP contribution in [-0.4, -0.2) is 45.4 Å². The predicted molar refractivity (Wildman–Crippen MR) is 104 cm³/mol. The van der Waals surface area contributed by atoms with Crippen LogP contribution in [0.1, 0.15) is 41.0 Å². The minimum absolute atomic E-state index is 0.0746. The van der Waals surface area contributed by atoms with Crippen molar-refractivity contribution in [2.45, 2.75) is 32.6 Å². The van der Waals surface area contributed by atoms with Crippen LogP contribution in [0.2, 0.25) is 0 Å². The lowest BCUT2D eigenvalue weighted by Gasteiger charge is -2.27. The molecule has 0 atom stereocenters. The predicted octanol–water partition coefficient (Wildman–Crippen LogP) is 2.40. The summed E-state index contributed by atoms with van der Waals surface area (Å²) in [4.78, 5) is 14.6. The molecule has 140 valence electrons. The standard InChI is InChI=1S/C20H24N6O/c1-15-6-5-7-16(14-15)20(27)21-11-10-18-23-22-17-8-9-19(24-26(17)18)25-12-3-2-4-13-25/h5-9,14H,2-4,10-13H2,1H3,(H,21,27). The third-order valence-electron chi connectivity index (χ3n) is 4.91. The van der Waals surface area contributed by atoms with Gasteiger partial charge in [-0.1, -0.05) is 17.7 Å². The Morgan fingerprint density at radius 2 is 1.96 bits per heavy atom. The van der Waals surface area contributed by atoms with Crippen molar-refractivity contribution in [3.8, 4) is 0 Å². The number of rotatable bonds is 5. The van der Waals surface area contributed by atoms with Crippen molar-refractivity contribution >= 4 is 17.4 Å². The Morgan fingerprint density at radius 1 is 1.11 bits per heavy atom. The van der Waals surface area contributed by atoms with Crippen LogP contribution in [0.4, 0.5) is 5.82 Å². The second-order valence-corrected chi connectivity index (χ2v) is 7.00. The number of anilines is 1. The SMILES string of the molecule is Cc1cccc(C(=O)NCCc2nnc3ccc(N4CCCCC4)nn23)c1. The van der Waals surface area contributed by atoms with Crippen molar-refractivity contribution in [1.82, 2.24) is 25.1 Å². The van der Waals surface area contributed by atoms with E-state index in [0.29, 0.717) is 18.5 Å². The molecule has 1 aliphatic rings. The number of aryl methyl sites for hydroxylation is 1. The monoisotopic (exact) mass is 364 g/mol. The Morgan fingerprint density at radius 3 is 2.78 bits per heavy atom. The quantitative estimate of drug-likeness (QED) is 0.752. The maximum Gasteiger partial charge on any atom is 0.251 e. The molecule has 1 fully saturated rings. The number of hydrogen-bond donors (Lipinski definition) is 1. The number of amides is 1. The highest BCUT2D eigenvalue weighted by molar-refractivity contribution is 5.94. The Hall–Kier alpha value is -2.96. The van der Waals surface area contributed by atoms with Crippen molar-refractivity contribution in [2.75, 3.05) is 24.5 Å². The number of nitrogens with zero attached hydrogens (tertiary/aromatic N) is 5. The molecular weight excluding hydrogens is 340 g/mol. The molecule has 0 radical (unpaired) electrons. The van der Waals surface area contributed by atoms with Crippen LogP contribution in [0.15, 0.2) is 36.4 Å². The lowest BCUT2D eigenvalue weighted by Crippen LogP contribution is -2.30. The molecule has 2 aromatic heterocycles. The van der Waals surface area contributed by atoms with Crippen LogP contribution < -0.4 is 10.2 Å². The molecule has 27 heavy (non-hydrogen) atoms. The van der Waals surface area contributed by atoms with Crippen LogP contribution in [0.3, 0.4) is 0 Å². The maximum atomic E-state index is 12.3. The Labute approximate surface area is 158 Å². The molecule has 7 heteroatoms. The van der Waals surface area contributed by atoms with Crippen LogP contribution in [-0.2, 0) is 6.42 Å². The number of aromatic nitrogens is 4. The highest BCUT2D eigenvalue weighted by Crippen LogP contribution is 2.18. The molecule has 0 saturated carbocycles. The van der Waals surface area contributed by atoms with E-state index in [1.807, 2.05) is 43.3 Å². The summed E-state index contributed by atoms with van der Waals surface area (Å²) in [5, 5.41) is 16.1. The van der Waals surface area contributed by atoms with Gasteiger partial charge in [0.05, 0.1) is 0 Å². The minimum atomic E-state index is -0.0746. The zero-order chi connectivity index (χ0) is 18.6. The second kappa shape index (κ2) is 7.73. The molecule has 7 nitrogen and oxygen atoms in total. The zero-order valence-electron chi connectivity index (χ0n) is 15.6. The van der Waals surface area contributed by atoms with Crippen LogP contribution in [0.25, 0.3) is 5.65 Å². The van der Waals surface area contributed by atoms with Gasteiger partial charge in [0.15, 0.2) is 11.5 Å². The van der Waals surface area contributed by atoms with Gasteiger partial charge in [0.1, 0.15) is 5.82 Å². The number of carbonyl (C=O) groups is 1. The van der Waals surface area contributed by atoms with E-state index in [-0.39, 0.29) is 5.91 Å². The fraction of sp³-hybridized carbons (Fsp3) is 0.400. The summed E-state index contributed by atoms with van der Waals surface area (Å²) in [6.07, 6.45) is 4.28. The van der Waals surface area contributed by atoms with E-state index >= 15 is 0 Å². The van der Waals surface area contributed by atoms with Crippen LogP contribution in [0, 0.1) is 6.92 Å². The molecule has 3 heterocycles. The maximum absolute atomic E-state index is 12.3. The average molecular weight is 364 g/mol. The molecule has 0 bridgehead atoms. The first-order valence-corrected chi connectivity index (χ1v) is 9.52. The van der Waals surface area contributed by atoms with Gasteiger partial charge < -0.3 is 10.2 Å². The smallest absolute Gasteiger partial charge is 0.251 e. The highest BCUT2D eigenvalue weighted by Gasteiger charge is 2.15. The Balaban J connectivity index is 1.43. The molecule has 4 rings (SSSR count). The molecule has 0 spiro atoms. The average Bonchev–Trinajstić information content (AvgIpc) is 3.11. The van der Waals surface area contributed by atoms with Crippen molar-refractivity contribution in [2.24, 2.45) is 0 Å². The summed E-state index contributed by atoms with van der Waals surface area (Å²) in [5.74, 6) is 1.65. The van der Waals surface area contributed by atoms with Crippen molar-refractivity contribution in [3.63, 3.8) is 0 Å². The molecule has 1 amide bonds. The van der Waals surface area contributed by atoms with Gasteiger partial charge in [-0.2, -0.15) is 4.52 Å². The van der Waals surface area contributed by atoms with Gasteiger partial charge in [-0.25, -0.2) is 0 Å². The van der Waals surface area contributed by atoms with E-state index < -0.39 is 0 Å². The van der Waals surface area contributed by atoms with Gasteiger partial charge in [0.2, 0.25) is 0 Å². The van der Waals surface area contributed by atoms with Gasteiger partial charge in [-0.05, 0) is 50.5 Å². The second-order valence-electron chi connectivity index (χ2n) is 7.00. The summed E-state index contributed by atoms with van der Waals surface area (Å²) in [7, 11) is 0. The fourth-order valence-corrected chi connectivity index (χ4v) is 3.45. The minimum Gasteiger partial charge on any atom is -0.355 e. The first-order valence-electron chi connectivity index (χ1n) is 9.52. The zero-order valence-corrected chi connectivity index (χ0v) is 15.6. The lowest BCUT2D eigenvalue weighted by molar-refractivity contribution is 0.0954. The molecule has 1 aromatic carbocycles. The van der Waals surface area contributed by atoms with E-state index in [0.717, 1.165) is 35.9 Å². The van der Waals surface area contributed by atoms with E-state index in [9.17, 15) is 4.79 Å². The highest BCUT2D eigenvalue weighted by atomic mass is 16.1. The van der Waals surface area contributed by atoms with Gasteiger partial charge in [0.25, 0.3) is 5.91 Å². The summed E-state index contributed by atoms with van der Waals surface area (Å²) >= 11 is 0. The van der Waals surface area contributed by atoms with E-state index in [1.54, 1.807) is 4.52 Å². The van der Waals surface area contributed by atoms with Crippen LogP contribution >= 0.6 is 0 Å². The third kappa shape index (κ3) is 3.92. The van der Waals surface area contributed by atoms with Crippen molar-refractivity contribution in [1.29, 1.82) is 0 Å². The number of fused-ring (bicyclic) bond motifs is 1. The Kier molecular flexibility index (Phi) is 5.00. The van der Waals surface area contributed by atoms with Gasteiger partial charge in [-0.3, -0.25) is 4.79 Å².